The van der Waals surface area contributed by atoms with Gasteiger partial charge < -0.3 is 19.8 Å². The molecule has 5 aromatic rings. The summed E-state index contributed by atoms with van der Waals surface area (Å²) in [6.45, 7) is 9.67. The molecule has 1 aromatic carbocycles. The molecule has 6 rings (SSSR count). The predicted octanol–water partition coefficient (Wildman–Crippen LogP) is 4.04. The van der Waals surface area contributed by atoms with Crippen molar-refractivity contribution in [3.8, 4) is 11.4 Å². The minimum atomic E-state index is -0.258. The monoisotopic (exact) mass is 481 g/mol. The van der Waals surface area contributed by atoms with E-state index in [0.29, 0.717) is 54.6 Å². The standard InChI is InChI=1S/C25H19N7O2S/c1-26-18-3-2-6-27-23(18)31-7-9-32(10-8-31)25(34)15-4-5-17-16(11-15)12-19(28-17)22-24(33)30-21-14-35-13-20(21)29-22/h2-6,11-14,28H,7-10H2,(H,30,33). The van der Waals surface area contributed by atoms with Crippen LogP contribution < -0.4 is 10.5 Å². The second kappa shape index (κ2) is 8.38. The van der Waals surface area contributed by atoms with E-state index in [1.54, 1.807) is 24.4 Å². The van der Waals surface area contributed by atoms with Crippen molar-refractivity contribution in [2.45, 2.75) is 0 Å². The minimum absolute atomic E-state index is 0.0450. The van der Waals surface area contributed by atoms with E-state index < -0.39 is 0 Å². The van der Waals surface area contributed by atoms with Crippen molar-refractivity contribution in [3.05, 3.63) is 80.7 Å². The molecule has 9 nitrogen and oxygen atoms in total. The highest BCUT2D eigenvalue weighted by molar-refractivity contribution is 7.09. The first-order chi connectivity index (χ1) is 17.1. The number of hydrogen-bond acceptors (Lipinski definition) is 6. The number of piperazine rings is 1. The van der Waals surface area contributed by atoms with Gasteiger partial charge in [-0.15, -0.1) is 11.3 Å². The lowest BCUT2D eigenvalue weighted by Gasteiger charge is -2.36. The Morgan fingerprint density at radius 2 is 1.91 bits per heavy atom. The topological polar surface area (TPSA) is 102 Å². The number of benzene rings is 1. The van der Waals surface area contributed by atoms with Crippen LogP contribution >= 0.6 is 11.3 Å². The van der Waals surface area contributed by atoms with E-state index in [2.05, 4.69) is 24.8 Å². The fourth-order valence-corrected chi connectivity index (χ4v) is 5.11. The number of H-pyrrole nitrogens is 2. The quantitative estimate of drug-likeness (QED) is 0.379. The maximum atomic E-state index is 13.2. The first-order valence-corrected chi connectivity index (χ1v) is 12.0. The summed E-state index contributed by atoms with van der Waals surface area (Å²) in [5.41, 5.74) is 4.08. The number of pyridine rings is 1. The van der Waals surface area contributed by atoms with Gasteiger partial charge in [0.2, 0.25) is 5.69 Å². The smallest absolute Gasteiger partial charge is 0.276 e. The molecule has 0 bridgehead atoms. The molecule has 0 radical (unpaired) electrons. The Bertz CT molecular complexity index is 1690. The molecular weight excluding hydrogens is 462 g/mol. The van der Waals surface area contributed by atoms with Crippen LogP contribution in [0.15, 0.2) is 58.1 Å². The number of aromatic amines is 2. The van der Waals surface area contributed by atoms with Crippen molar-refractivity contribution < 1.29 is 4.79 Å². The number of aromatic nitrogens is 4. The lowest BCUT2D eigenvalue weighted by Crippen LogP contribution is -2.49. The summed E-state index contributed by atoms with van der Waals surface area (Å²) in [4.78, 5) is 48.2. The Labute approximate surface area is 203 Å². The van der Waals surface area contributed by atoms with E-state index in [4.69, 9.17) is 6.57 Å². The second-order valence-electron chi connectivity index (χ2n) is 8.31. The van der Waals surface area contributed by atoms with E-state index in [-0.39, 0.29) is 11.5 Å². The van der Waals surface area contributed by atoms with Crippen LogP contribution in [0.3, 0.4) is 0 Å². The van der Waals surface area contributed by atoms with Gasteiger partial charge in [-0.3, -0.25) is 14.6 Å². The first-order valence-electron chi connectivity index (χ1n) is 11.1. The van der Waals surface area contributed by atoms with Crippen molar-refractivity contribution in [2.75, 3.05) is 31.1 Å². The Morgan fingerprint density at radius 3 is 2.74 bits per heavy atom. The number of fused-ring (bicyclic) bond motifs is 2. The van der Waals surface area contributed by atoms with Crippen LogP contribution in [0, 0.1) is 6.57 Å². The van der Waals surface area contributed by atoms with Gasteiger partial charge in [0.1, 0.15) is 5.82 Å². The molecule has 0 aliphatic carbocycles. The average molecular weight is 482 g/mol. The summed E-state index contributed by atoms with van der Waals surface area (Å²) < 4.78 is 0. The number of anilines is 1. The molecule has 1 aliphatic heterocycles. The zero-order chi connectivity index (χ0) is 23.9. The Hall–Kier alpha value is -4.49. The number of carbonyl (C=O) groups is 1. The van der Waals surface area contributed by atoms with Crippen molar-refractivity contribution in [2.24, 2.45) is 0 Å². The summed E-state index contributed by atoms with van der Waals surface area (Å²) >= 11 is 1.49. The summed E-state index contributed by atoms with van der Waals surface area (Å²) in [6.07, 6.45) is 1.68. The van der Waals surface area contributed by atoms with Gasteiger partial charge in [-0.1, -0.05) is 12.1 Å². The van der Waals surface area contributed by atoms with Gasteiger partial charge >= 0.3 is 0 Å². The van der Waals surface area contributed by atoms with Crippen LogP contribution in [-0.4, -0.2) is 56.9 Å². The third kappa shape index (κ3) is 3.72. The van der Waals surface area contributed by atoms with Crippen LogP contribution in [0.1, 0.15) is 10.4 Å². The molecule has 172 valence electrons. The number of nitrogens with zero attached hydrogens (tertiary/aromatic N) is 5. The van der Waals surface area contributed by atoms with Crippen LogP contribution in [0.2, 0.25) is 0 Å². The largest absolute Gasteiger partial charge is 0.362 e. The van der Waals surface area contributed by atoms with Crippen molar-refractivity contribution in [1.29, 1.82) is 0 Å². The van der Waals surface area contributed by atoms with Crippen molar-refractivity contribution in [1.82, 2.24) is 24.8 Å². The van der Waals surface area contributed by atoms with E-state index in [1.165, 1.54) is 11.3 Å². The fraction of sp³-hybridized carbons (Fsp3) is 0.160. The number of nitrogens with one attached hydrogen (secondary N) is 2. The zero-order valence-corrected chi connectivity index (χ0v) is 19.3. The highest BCUT2D eigenvalue weighted by Gasteiger charge is 2.24. The maximum absolute atomic E-state index is 13.2. The number of carbonyl (C=O) groups excluding carboxylic acids is 1. The number of hydrogen-bond donors (Lipinski definition) is 2. The van der Waals surface area contributed by atoms with Gasteiger partial charge in [0.25, 0.3) is 11.5 Å². The van der Waals surface area contributed by atoms with E-state index in [0.717, 1.165) is 21.9 Å². The molecule has 1 saturated heterocycles. The highest BCUT2D eigenvalue weighted by atomic mass is 32.1. The molecule has 1 amide bonds. The van der Waals surface area contributed by atoms with E-state index >= 15 is 0 Å². The molecule has 0 saturated carbocycles. The van der Waals surface area contributed by atoms with Crippen LogP contribution in [0.5, 0.6) is 0 Å². The summed E-state index contributed by atoms with van der Waals surface area (Å²) in [7, 11) is 0. The normalized spacial score (nSPS) is 13.9. The zero-order valence-electron chi connectivity index (χ0n) is 18.5. The molecule has 35 heavy (non-hydrogen) atoms. The van der Waals surface area contributed by atoms with Crippen LogP contribution in [0.25, 0.3) is 38.2 Å². The van der Waals surface area contributed by atoms with Crippen LogP contribution in [-0.2, 0) is 0 Å². The molecule has 5 heterocycles. The first kappa shape index (κ1) is 21.1. The van der Waals surface area contributed by atoms with Gasteiger partial charge in [0.05, 0.1) is 23.3 Å². The number of thiophene rings is 1. The Kier molecular flexibility index (Phi) is 5.04. The molecule has 10 heteroatoms. The molecular formula is C25H19N7O2S. The summed E-state index contributed by atoms with van der Waals surface area (Å²) in [6, 6.07) is 10.9. The third-order valence-electron chi connectivity index (χ3n) is 6.21. The molecule has 2 N–H and O–H groups in total. The molecule has 0 unspecified atom stereocenters. The maximum Gasteiger partial charge on any atom is 0.276 e. The molecule has 4 aromatic heterocycles. The number of amides is 1. The van der Waals surface area contributed by atoms with Crippen LogP contribution in [0.4, 0.5) is 11.5 Å². The summed E-state index contributed by atoms with van der Waals surface area (Å²) in [5.74, 6) is 0.622. The predicted molar refractivity (Wildman–Crippen MR) is 136 cm³/mol. The third-order valence-corrected chi connectivity index (χ3v) is 6.94. The molecule has 0 spiro atoms. The fourth-order valence-electron chi connectivity index (χ4n) is 4.42. The van der Waals surface area contributed by atoms with Gasteiger partial charge in [-0.05, 0) is 24.3 Å². The van der Waals surface area contributed by atoms with E-state index in [1.807, 2.05) is 38.8 Å². The van der Waals surface area contributed by atoms with E-state index in [9.17, 15) is 9.59 Å². The van der Waals surface area contributed by atoms with Crippen molar-refractivity contribution in [3.63, 3.8) is 0 Å². The molecule has 1 fully saturated rings. The van der Waals surface area contributed by atoms with Gasteiger partial charge in [0, 0.05) is 59.6 Å². The molecule has 1 aliphatic rings. The van der Waals surface area contributed by atoms with Gasteiger partial charge in [0.15, 0.2) is 5.69 Å². The number of rotatable bonds is 3. The lowest BCUT2D eigenvalue weighted by atomic mass is 10.1. The van der Waals surface area contributed by atoms with Crippen molar-refractivity contribution >= 4 is 50.7 Å². The van der Waals surface area contributed by atoms with Gasteiger partial charge in [-0.25, -0.2) is 9.83 Å². The SMILES string of the molecule is [C-]#[N+]c1cccnc1N1CCN(C(=O)c2ccc3[nH]c(-c4nc5cscc5[nH]c4=O)cc3c2)CC1. The second-order valence-corrected chi connectivity index (χ2v) is 9.05. The highest BCUT2D eigenvalue weighted by Crippen LogP contribution is 2.27. The Balaban J connectivity index is 1.23. The lowest BCUT2D eigenvalue weighted by molar-refractivity contribution is 0.0746. The Morgan fingerprint density at radius 1 is 1.06 bits per heavy atom. The van der Waals surface area contributed by atoms with Gasteiger partial charge in [-0.2, -0.15) is 0 Å². The minimum Gasteiger partial charge on any atom is -0.362 e. The average Bonchev–Trinajstić information content (AvgIpc) is 3.53. The molecule has 0 atom stereocenters. The summed E-state index contributed by atoms with van der Waals surface area (Å²) in [5, 5.41) is 4.59.